The number of furan rings is 1. The van der Waals surface area contributed by atoms with Gasteiger partial charge in [0.05, 0.1) is 0 Å². The molecule has 0 unspecified atom stereocenters. The maximum Gasteiger partial charge on any atom is 0.153 e. The summed E-state index contributed by atoms with van der Waals surface area (Å²) in [6.07, 6.45) is 1.80. The first-order chi connectivity index (χ1) is 7.75. The van der Waals surface area contributed by atoms with Crippen LogP contribution in [-0.2, 0) is 0 Å². The number of hydrogen-bond acceptors (Lipinski definition) is 2. The van der Waals surface area contributed by atoms with Crippen LogP contribution in [-0.4, -0.2) is 4.98 Å². The highest BCUT2D eigenvalue weighted by Crippen LogP contribution is 2.29. The third-order valence-electron chi connectivity index (χ3n) is 2.92. The highest BCUT2D eigenvalue weighted by molar-refractivity contribution is 6.02. The molecule has 0 aliphatic heterocycles. The zero-order valence-corrected chi connectivity index (χ0v) is 9.40. The summed E-state index contributed by atoms with van der Waals surface area (Å²) in [6.45, 7) is 4.37. The number of benzene rings is 1. The summed E-state index contributed by atoms with van der Waals surface area (Å²) in [5.74, 6) is 0.519. The van der Waals surface area contributed by atoms with Crippen molar-refractivity contribution in [3.8, 4) is 0 Å². The van der Waals surface area contributed by atoms with Gasteiger partial charge in [-0.25, -0.2) is 0 Å². The van der Waals surface area contributed by atoms with E-state index in [0.717, 1.165) is 22.1 Å². The van der Waals surface area contributed by atoms with E-state index in [1.54, 1.807) is 6.20 Å². The smallest absolute Gasteiger partial charge is 0.153 e. The Morgan fingerprint density at radius 3 is 2.81 bits per heavy atom. The van der Waals surface area contributed by atoms with Gasteiger partial charge < -0.3 is 4.42 Å². The molecule has 0 bridgehead atoms. The predicted molar refractivity (Wildman–Crippen MR) is 65.6 cm³/mol. The molecule has 0 saturated carbocycles. The highest BCUT2D eigenvalue weighted by Gasteiger charge is 2.08. The average Bonchev–Trinajstić information content (AvgIpc) is 2.66. The molecule has 0 spiro atoms. The van der Waals surface area contributed by atoms with Gasteiger partial charge in [0, 0.05) is 11.6 Å². The third kappa shape index (κ3) is 1.30. The molecule has 2 aromatic heterocycles. The molecule has 0 amide bonds. The van der Waals surface area contributed by atoms with Crippen LogP contribution < -0.4 is 0 Å². The minimum Gasteiger partial charge on any atom is -0.454 e. The molecule has 2 heterocycles. The molecule has 1 aromatic carbocycles. The molecular formula is C14H13NO. The first kappa shape index (κ1) is 9.40. The normalized spacial score (nSPS) is 11.7. The Balaban J connectivity index is 2.37. The van der Waals surface area contributed by atoms with E-state index < -0.39 is 0 Å². The van der Waals surface area contributed by atoms with Crippen LogP contribution in [0.2, 0.25) is 0 Å². The van der Waals surface area contributed by atoms with Crippen LogP contribution in [0, 0.1) is 0 Å². The lowest BCUT2D eigenvalue weighted by Crippen LogP contribution is -1.85. The fraction of sp³-hybridized carbons (Fsp3) is 0.214. The second-order valence-electron chi connectivity index (χ2n) is 4.36. The molecule has 3 rings (SSSR count). The molecule has 0 aliphatic carbocycles. The van der Waals surface area contributed by atoms with E-state index in [1.807, 2.05) is 12.1 Å². The van der Waals surface area contributed by atoms with Crippen molar-refractivity contribution < 1.29 is 4.42 Å². The fourth-order valence-electron chi connectivity index (χ4n) is 1.97. The fourth-order valence-corrected chi connectivity index (χ4v) is 1.97. The van der Waals surface area contributed by atoms with Crippen LogP contribution in [0.25, 0.3) is 22.1 Å². The lowest BCUT2D eigenvalue weighted by atomic mass is 10.0. The minimum atomic E-state index is 0.519. The molecule has 0 N–H and O–H groups in total. The van der Waals surface area contributed by atoms with Crippen molar-refractivity contribution in [3.63, 3.8) is 0 Å². The molecule has 16 heavy (non-hydrogen) atoms. The van der Waals surface area contributed by atoms with Crippen molar-refractivity contribution in [2.24, 2.45) is 0 Å². The first-order valence-corrected chi connectivity index (χ1v) is 5.53. The minimum absolute atomic E-state index is 0.519. The van der Waals surface area contributed by atoms with E-state index in [2.05, 4.69) is 37.0 Å². The van der Waals surface area contributed by atoms with Gasteiger partial charge in [-0.15, -0.1) is 0 Å². The largest absolute Gasteiger partial charge is 0.454 e. The Bertz CT molecular complexity index is 652. The first-order valence-electron chi connectivity index (χ1n) is 5.53. The number of pyridine rings is 1. The van der Waals surface area contributed by atoms with Gasteiger partial charge >= 0.3 is 0 Å². The van der Waals surface area contributed by atoms with Crippen LogP contribution in [0.15, 0.2) is 40.9 Å². The van der Waals surface area contributed by atoms with Crippen molar-refractivity contribution >= 4 is 22.1 Å². The van der Waals surface area contributed by atoms with E-state index in [-0.39, 0.29) is 0 Å². The summed E-state index contributed by atoms with van der Waals surface area (Å²) in [6, 6.07) is 10.2. The van der Waals surface area contributed by atoms with Gasteiger partial charge in [-0.05, 0) is 35.7 Å². The van der Waals surface area contributed by atoms with Crippen LogP contribution in [0.1, 0.15) is 25.3 Å². The second-order valence-corrected chi connectivity index (χ2v) is 4.36. The zero-order valence-electron chi connectivity index (χ0n) is 9.40. The van der Waals surface area contributed by atoms with Crippen LogP contribution in [0.5, 0.6) is 0 Å². The topological polar surface area (TPSA) is 26.0 Å². The zero-order chi connectivity index (χ0) is 11.1. The van der Waals surface area contributed by atoms with Gasteiger partial charge in [0.1, 0.15) is 11.1 Å². The second kappa shape index (κ2) is 3.34. The molecular weight excluding hydrogens is 198 g/mol. The van der Waals surface area contributed by atoms with E-state index >= 15 is 0 Å². The standard InChI is InChI=1S/C14H13NO/c1-9(2)10-5-6-11-13(8-10)16-12-4-3-7-15-14(11)12/h3-9H,1-2H3. The van der Waals surface area contributed by atoms with Gasteiger partial charge in [0.15, 0.2) is 5.58 Å². The number of hydrogen-bond donors (Lipinski definition) is 0. The quantitative estimate of drug-likeness (QED) is 0.605. The predicted octanol–water partition coefficient (Wildman–Crippen LogP) is 4.10. The maximum atomic E-state index is 5.78. The van der Waals surface area contributed by atoms with Crippen molar-refractivity contribution in [3.05, 3.63) is 42.1 Å². The number of rotatable bonds is 1. The molecule has 2 heteroatoms. The molecule has 0 radical (unpaired) electrons. The van der Waals surface area contributed by atoms with Crippen molar-refractivity contribution in [2.75, 3.05) is 0 Å². The molecule has 0 atom stereocenters. The summed E-state index contributed by atoms with van der Waals surface area (Å²) in [5.41, 5.74) is 4.04. The van der Waals surface area contributed by atoms with Gasteiger partial charge in [-0.1, -0.05) is 19.9 Å². The number of fused-ring (bicyclic) bond motifs is 3. The van der Waals surface area contributed by atoms with Gasteiger partial charge in [0.25, 0.3) is 0 Å². The van der Waals surface area contributed by atoms with Gasteiger partial charge in [0.2, 0.25) is 0 Å². The number of aromatic nitrogens is 1. The lowest BCUT2D eigenvalue weighted by Gasteiger charge is -2.03. The summed E-state index contributed by atoms with van der Waals surface area (Å²) in [4.78, 5) is 4.35. The molecule has 0 aliphatic rings. The van der Waals surface area contributed by atoms with Crippen LogP contribution >= 0.6 is 0 Å². The summed E-state index contributed by atoms with van der Waals surface area (Å²) < 4.78 is 5.78. The average molecular weight is 211 g/mol. The Hall–Kier alpha value is -1.83. The Morgan fingerprint density at radius 1 is 1.12 bits per heavy atom. The van der Waals surface area contributed by atoms with Gasteiger partial charge in [-0.3, -0.25) is 4.98 Å². The molecule has 0 fully saturated rings. The summed E-state index contributed by atoms with van der Waals surface area (Å²) in [5, 5.41) is 1.10. The van der Waals surface area contributed by atoms with E-state index in [9.17, 15) is 0 Å². The van der Waals surface area contributed by atoms with Crippen molar-refractivity contribution in [1.29, 1.82) is 0 Å². The molecule has 80 valence electrons. The Labute approximate surface area is 93.9 Å². The van der Waals surface area contributed by atoms with Crippen molar-refractivity contribution in [2.45, 2.75) is 19.8 Å². The van der Waals surface area contributed by atoms with E-state index in [0.29, 0.717) is 5.92 Å². The lowest BCUT2D eigenvalue weighted by molar-refractivity contribution is 0.666. The maximum absolute atomic E-state index is 5.78. The molecule has 2 nitrogen and oxygen atoms in total. The summed E-state index contributed by atoms with van der Waals surface area (Å²) in [7, 11) is 0. The summed E-state index contributed by atoms with van der Waals surface area (Å²) >= 11 is 0. The van der Waals surface area contributed by atoms with Crippen molar-refractivity contribution in [1.82, 2.24) is 4.98 Å². The number of nitrogens with zero attached hydrogens (tertiary/aromatic N) is 1. The SMILES string of the molecule is CC(C)c1ccc2c(c1)oc1cccnc12. The van der Waals surface area contributed by atoms with Crippen LogP contribution in [0.4, 0.5) is 0 Å². The van der Waals surface area contributed by atoms with E-state index in [1.165, 1.54) is 5.56 Å². The Morgan fingerprint density at radius 2 is 2.00 bits per heavy atom. The molecule has 3 aromatic rings. The monoisotopic (exact) mass is 211 g/mol. The Kier molecular flexibility index (Phi) is 1.96. The molecule has 0 saturated heterocycles. The highest BCUT2D eigenvalue weighted by atomic mass is 16.3. The third-order valence-corrected chi connectivity index (χ3v) is 2.92. The van der Waals surface area contributed by atoms with E-state index in [4.69, 9.17) is 4.42 Å². The van der Waals surface area contributed by atoms with Crippen LogP contribution in [0.3, 0.4) is 0 Å². The van der Waals surface area contributed by atoms with Gasteiger partial charge in [-0.2, -0.15) is 0 Å².